The van der Waals surface area contributed by atoms with E-state index in [9.17, 15) is 62.6 Å². The lowest BCUT2D eigenvalue weighted by Crippen LogP contribution is -2.60. The van der Waals surface area contributed by atoms with Crippen molar-refractivity contribution in [1.29, 1.82) is 0 Å². The molecule has 0 aromatic heterocycles. The summed E-state index contributed by atoms with van der Waals surface area (Å²) in [5.41, 5.74) is 16.0. The van der Waals surface area contributed by atoms with Crippen molar-refractivity contribution in [1.82, 2.24) is 58.1 Å². The fraction of sp³-hybridized carbons (Fsp3) is 0.705. The molecule has 29 nitrogen and oxygen atoms in total. The summed E-state index contributed by atoms with van der Waals surface area (Å²) in [5, 5.41) is 43.0. The van der Waals surface area contributed by atoms with Gasteiger partial charge in [0.25, 0.3) is 0 Å². The van der Waals surface area contributed by atoms with E-state index in [1.165, 1.54) is 25.7 Å². The third-order valence-corrected chi connectivity index (χ3v) is 11.3. The van der Waals surface area contributed by atoms with Gasteiger partial charge in [0.1, 0.15) is 54.4 Å². The van der Waals surface area contributed by atoms with Crippen LogP contribution in [0, 0.1) is 17.8 Å². The zero-order valence-corrected chi connectivity index (χ0v) is 42.9. The molecule has 0 unspecified atom stereocenters. The number of amides is 11. The minimum Gasteiger partial charge on any atom is -0.480 e. The third-order valence-electron chi connectivity index (χ3n) is 11.3. The standard InChI is InChI=1S/C44H77N15O14/c1-20(2)32(56-37(66)25(9)53-29(61)16-49-36(65)24(8)54-38(67)26(45)19-60)40(69)50-17-30(62)52-23(7)35(64)51-18-31(63)59-15-11-13-28(59)39(68)57-34(22(5)6)42(71)58-33(21(3)4)41(70)55-27(43(72)73)12-10-14-48-44(46)47/h20-28,32-34,60H,10-19,45H2,1-9H3,(H,49,65)(H,50,69)(H,51,64)(H,52,62)(H,53,61)(H,54,67)(H,55,70)(H,56,66)(H,57,68)(H,58,71)(H,72,73)(H4,46,47,48)/t23-,24-,25-,26-,27-,28-,32-,33-,34-/m0/s1. The number of carbonyl (C=O) groups excluding carboxylic acids is 11. The molecule has 29 heteroatoms. The van der Waals surface area contributed by atoms with Crippen molar-refractivity contribution in [2.45, 2.75) is 142 Å². The van der Waals surface area contributed by atoms with E-state index < -0.39 is 169 Å². The highest BCUT2D eigenvalue weighted by Crippen LogP contribution is 2.19. The number of likely N-dealkylation sites (tertiary alicyclic amines) is 1. The molecule has 11 amide bonds. The predicted octanol–water partition coefficient (Wildman–Crippen LogP) is -6.79. The van der Waals surface area contributed by atoms with Crippen LogP contribution in [0.4, 0.5) is 0 Å². The second-order valence-corrected chi connectivity index (χ2v) is 18.5. The molecule has 412 valence electrons. The first-order valence-electron chi connectivity index (χ1n) is 23.9. The van der Waals surface area contributed by atoms with Crippen molar-refractivity contribution in [3.05, 3.63) is 0 Å². The molecule has 73 heavy (non-hydrogen) atoms. The number of nitrogens with zero attached hydrogens (tertiary/aromatic N) is 2. The van der Waals surface area contributed by atoms with Gasteiger partial charge in [-0.3, -0.25) is 57.7 Å². The maximum absolute atomic E-state index is 13.6. The van der Waals surface area contributed by atoms with Gasteiger partial charge in [0, 0.05) is 13.1 Å². The lowest BCUT2D eigenvalue weighted by atomic mass is 9.98. The zero-order valence-electron chi connectivity index (χ0n) is 42.9. The molecule has 0 aliphatic carbocycles. The molecule has 1 saturated heterocycles. The summed E-state index contributed by atoms with van der Waals surface area (Å²) in [7, 11) is 0. The molecule has 0 saturated carbocycles. The van der Waals surface area contributed by atoms with E-state index >= 15 is 0 Å². The van der Waals surface area contributed by atoms with Gasteiger partial charge >= 0.3 is 5.97 Å². The Morgan fingerprint density at radius 1 is 0.575 bits per heavy atom. The molecule has 0 radical (unpaired) electrons. The number of aliphatic carboxylic acids is 1. The minimum absolute atomic E-state index is 0.00246. The number of aliphatic hydroxyl groups excluding tert-OH is 1. The van der Waals surface area contributed by atoms with Crippen LogP contribution in [0.2, 0.25) is 0 Å². The maximum atomic E-state index is 13.6. The van der Waals surface area contributed by atoms with Crippen molar-refractivity contribution < 1.29 is 67.7 Å². The summed E-state index contributed by atoms with van der Waals surface area (Å²) in [6.45, 7) is 11.7. The summed E-state index contributed by atoms with van der Waals surface area (Å²) < 4.78 is 0. The zero-order chi connectivity index (χ0) is 55.9. The van der Waals surface area contributed by atoms with Crippen LogP contribution in [-0.2, 0) is 57.5 Å². The Morgan fingerprint density at radius 3 is 1.53 bits per heavy atom. The summed E-state index contributed by atoms with van der Waals surface area (Å²) in [5.74, 6) is -11.2. The second kappa shape index (κ2) is 31.3. The fourth-order valence-electron chi connectivity index (χ4n) is 6.94. The molecule has 1 heterocycles. The SMILES string of the molecule is CC(C)[C@H](NC(=O)[C@H](C)NC(=O)CNC(=O)[C@H](C)NC(=O)[C@@H](N)CO)C(=O)NCC(=O)N[C@@H](C)C(=O)NCC(=O)N1CCC[C@H]1C(=O)N[C@H](C(=O)N[C@H](C(=O)N[C@@H](CCCN=C(N)N)C(=O)O)C(C)C)C(C)C. The van der Waals surface area contributed by atoms with Crippen molar-refractivity contribution >= 4 is 76.9 Å². The van der Waals surface area contributed by atoms with Crippen molar-refractivity contribution in [2.75, 3.05) is 39.3 Å². The van der Waals surface area contributed by atoms with E-state index in [2.05, 4.69) is 58.2 Å². The Bertz CT molecular complexity index is 2010. The Balaban J connectivity index is 2.75. The van der Waals surface area contributed by atoms with E-state index in [1.807, 2.05) is 0 Å². The van der Waals surface area contributed by atoms with Crippen LogP contribution in [0.15, 0.2) is 4.99 Å². The summed E-state index contributed by atoms with van der Waals surface area (Å²) in [4.78, 5) is 159. The summed E-state index contributed by atoms with van der Waals surface area (Å²) >= 11 is 0. The Labute approximate surface area is 423 Å². The number of hydrogen-bond acceptors (Lipinski definition) is 15. The number of aliphatic imine (C=N–C) groups is 1. The molecular formula is C44H77N15O14. The minimum atomic E-state index is -1.30. The highest BCUT2D eigenvalue weighted by atomic mass is 16.4. The molecular weight excluding hydrogens is 963 g/mol. The highest BCUT2D eigenvalue weighted by molar-refractivity contribution is 5.98. The first-order chi connectivity index (χ1) is 34.0. The molecule has 1 fully saturated rings. The average molecular weight is 1040 g/mol. The molecule has 0 bridgehead atoms. The molecule has 18 N–H and O–H groups in total. The van der Waals surface area contributed by atoms with E-state index in [-0.39, 0.29) is 38.3 Å². The van der Waals surface area contributed by atoms with Crippen LogP contribution in [0.5, 0.6) is 0 Å². The van der Waals surface area contributed by atoms with Gasteiger partial charge < -0.3 is 85.5 Å². The van der Waals surface area contributed by atoms with Crippen LogP contribution in [0.3, 0.4) is 0 Å². The first-order valence-corrected chi connectivity index (χ1v) is 23.9. The van der Waals surface area contributed by atoms with Gasteiger partial charge in [0.15, 0.2) is 5.96 Å². The largest absolute Gasteiger partial charge is 0.480 e. The van der Waals surface area contributed by atoms with Gasteiger partial charge in [0.2, 0.25) is 65.0 Å². The van der Waals surface area contributed by atoms with Crippen LogP contribution < -0.4 is 70.4 Å². The lowest BCUT2D eigenvalue weighted by Gasteiger charge is -2.30. The lowest BCUT2D eigenvalue weighted by molar-refractivity contribution is -0.143. The second-order valence-electron chi connectivity index (χ2n) is 18.5. The van der Waals surface area contributed by atoms with Gasteiger partial charge in [0.05, 0.1) is 26.2 Å². The van der Waals surface area contributed by atoms with E-state index in [4.69, 9.17) is 22.3 Å². The number of nitrogens with one attached hydrogen (secondary N) is 10. The molecule has 0 aromatic rings. The van der Waals surface area contributed by atoms with E-state index in [0.717, 1.165) is 0 Å². The Morgan fingerprint density at radius 2 is 1.03 bits per heavy atom. The van der Waals surface area contributed by atoms with Crippen LogP contribution in [0.1, 0.15) is 88.0 Å². The van der Waals surface area contributed by atoms with Crippen LogP contribution in [-0.4, -0.2) is 186 Å². The topological polar surface area (TPSA) is 459 Å². The normalized spacial score (nSPS) is 16.4. The third kappa shape index (κ3) is 22.4. The number of rotatable bonds is 30. The van der Waals surface area contributed by atoms with Gasteiger partial charge in [-0.15, -0.1) is 0 Å². The molecule has 9 atom stereocenters. The first kappa shape index (κ1) is 63.8. The Hall–Kier alpha value is -7.17. The quantitative estimate of drug-likeness (QED) is 0.0181. The predicted molar refractivity (Wildman–Crippen MR) is 261 cm³/mol. The van der Waals surface area contributed by atoms with E-state index in [0.29, 0.717) is 6.42 Å². The molecule has 1 aliphatic heterocycles. The molecule has 1 aliphatic rings. The highest BCUT2D eigenvalue weighted by Gasteiger charge is 2.38. The molecule has 0 aromatic carbocycles. The molecule has 1 rings (SSSR count). The van der Waals surface area contributed by atoms with Crippen molar-refractivity contribution in [3.8, 4) is 0 Å². The van der Waals surface area contributed by atoms with Gasteiger partial charge in [-0.25, -0.2) is 4.79 Å². The van der Waals surface area contributed by atoms with Crippen LogP contribution >= 0.6 is 0 Å². The number of guanidine groups is 1. The number of carbonyl (C=O) groups is 12. The summed E-state index contributed by atoms with van der Waals surface area (Å²) in [6, 6.07) is -10.6. The van der Waals surface area contributed by atoms with Crippen LogP contribution in [0.25, 0.3) is 0 Å². The van der Waals surface area contributed by atoms with Gasteiger partial charge in [-0.2, -0.15) is 0 Å². The average Bonchev–Trinajstić information content (AvgIpc) is 3.82. The van der Waals surface area contributed by atoms with Gasteiger partial charge in [-0.05, 0) is 64.2 Å². The fourth-order valence-corrected chi connectivity index (χ4v) is 6.94. The maximum Gasteiger partial charge on any atom is 0.326 e. The van der Waals surface area contributed by atoms with Crippen molar-refractivity contribution in [2.24, 2.45) is 39.9 Å². The number of hydrogen-bond donors (Lipinski definition) is 15. The van der Waals surface area contributed by atoms with Gasteiger partial charge in [-0.1, -0.05) is 41.5 Å². The number of aliphatic hydroxyl groups is 1. The van der Waals surface area contributed by atoms with E-state index in [1.54, 1.807) is 41.5 Å². The number of nitrogens with two attached hydrogens (primary N) is 3. The monoisotopic (exact) mass is 1040 g/mol. The summed E-state index contributed by atoms with van der Waals surface area (Å²) in [6.07, 6.45) is 0.906. The number of carboxylic acids is 1. The Kier molecular flexibility index (Phi) is 27.4. The number of carboxylic acid groups (broad SMARTS) is 1. The molecule has 0 spiro atoms. The van der Waals surface area contributed by atoms with Crippen molar-refractivity contribution in [3.63, 3.8) is 0 Å². The smallest absolute Gasteiger partial charge is 0.326 e.